The van der Waals surface area contributed by atoms with E-state index in [0.29, 0.717) is 5.69 Å². The summed E-state index contributed by atoms with van der Waals surface area (Å²) in [7, 11) is -2.26. The molecule has 0 aliphatic carbocycles. The summed E-state index contributed by atoms with van der Waals surface area (Å²) in [6.45, 7) is 1.88. The lowest BCUT2D eigenvalue weighted by molar-refractivity contribution is 0.374. The van der Waals surface area contributed by atoms with Gasteiger partial charge in [-0.25, -0.2) is 8.42 Å². The molecule has 2 N–H and O–H groups in total. The highest BCUT2D eigenvalue weighted by molar-refractivity contribution is 7.92. The average molecular weight is 293 g/mol. The van der Waals surface area contributed by atoms with Gasteiger partial charge >= 0.3 is 0 Å². The van der Waals surface area contributed by atoms with Gasteiger partial charge in [0.05, 0.1) is 17.7 Å². The highest BCUT2D eigenvalue weighted by Gasteiger charge is 2.14. The van der Waals surface area contributed by atoms with Gasteiger partial charge in [-0.2, -0.15) is 0 Å². The van der Waals surface area contributed by atoms with E-state index in [0.717, 1.165) is 5.56 Å². The van der Waals surface area contributed by atoms with E-state index in [-0.39, 0.29) is 16.4 Å². The molecule has 0 aromatic heterocycles. The number of aryl methyl sites for hydroxylation is 1. The van der Waals surface area contributed by atoms with E-state index < -0.39 is 10.0 Å². The molecule has 6 heteroatoms. The van der Waals surface area contributed by atoms with E-state index in [9.17, 15) is 13.5 Å². The van der Waals surface area contributed by atoms with Crippen molar-refractivity contribution in [1.29, 1.82) is 0 Å². The van der Waals surface area contributed by atoms with Crippen molar-refractivity contribution in [3.8, 4) is 11.5 Å². The van der Waals surface area contributed by atoms with Crippen LogP contribution in [0.1, 0.15) is 5.56 Å². The van der Waals surface area contributed by atoms with Crippen molar-refractivity contribution in [3.63, 3.8) is 0 Å². The number of methoxy groups -OCH3 is 1. The van der Waals surface area contributed by atoms with Crippen molar-refractivity contribution in [1.82, 2.24) is 0 Å². The molecule has 2 rings (SSSR count). The summed E-state index contributed by atoms with van der Waals surface area (Å²) in [4.78, 5) is 0.176. The largest absolute Gasteiger partial charge is 0.504 e. The summed E-state index contributed by atoms with van der Waals surface area (Å²) < 4.78 is 31.7. The van der Waals surface area contributed by atoms with E-state index in [1.54, 1.807) is 12.1 Å². The number of phenols is 1. The van der Waals surface area contributed by atoms with E-state index in [1.807, 2.05) is 6.92 Å². The first-order valence-electron chi connectivity index (χ1n) is 5.89. The standard InChI is InChI=1S/C14H15NO4S/c1-10-3-6-12(7-4-10)20(17,18)15-11-5-8-13(16)14(9-11)19-2/h3-9,15-16H,1-2H3. The topological polar surface area (TPSA) is 75.6 Å². The Morgan fingerprint density at radius 1 is 1.10 bits per heavy atom. The van der Waals surface area contributed by atoms with Crippen LogP contribution in [0.3, 0.4) is 0 Å². The number of aromatic hydroxyl groups is 1. The monoisotopic (exact) mass is 293 g/mol. The van der Waals surface area contributed by atoms with Gasteiger partial charge in [0.15, 0.2) is 11.5 Å². The zero-order chi connectivity index (χ0) is 14.8. The minimum absolute atomic E-state index is 0.0502. The lowest BCUT2D eigenvalue weighted by Crippen LogP contribution is -2.12. The molecule has 0 heterocycles. The van der Waals surface area contributed by atoms with Crippen molar-refractivity contribution in [2.24, 2.45) is 0 Å². The minimum atomic E-state index is -3.66. The highest BCUT2D eigenvalue weighted by Crippen LogP contribution is 2.29. The van der Waals surface area contributed by atoms with Crippen LogP contribution >= 0.6 is 0 Å². The molecule has 5 nitrogen and oxygen atoms in total. The fourth-order valence-electron chi connectivity index (χ4n) is 1.67. The van der Waals surface area contributed by atoms with Crippen molar-refractivity contribution >= 4 is 15.7 Å². The summed E-state index contributed by atoms with van der Waals surface area (Å²) in [6, 6.07) is 10.8. The third-order valence-corrected chi connectivity index (χ3v) is 4.16. The predicted octanol–water partition coefficient (Wildman–Crippen LogP) is 2.51. The number of anilines is 1. The molecule has 0 atom stereocenters. The molecule has 0 fully saturated rings. The van der Waals surface area contributed by atoms with Crippen LogP contribution in [0, 0.1) is 6.92 Å². The smallest absolute Gasteiger partial charge is 0.261 e. The second kappa shape index (κ2) is 5.42. The molecule has 0 unspecified atom stereocenters. The fraction of sp³-hybridized carbons (Fsp3) is 0.143. The minimum Gasteiger partial charge on any atom is -0.504 e. The van der Waals surface area contributed by atoms with E-state index >= 15 is 0 Å². The summed E-state index contributed by atoms with van der Waals surface area (Å²) in [5.74, 6) is 0.153. The van der Waals surface area contributed by atoms with Crippen molar-refractivity contribution < 1.29 is 18.3 Å². The first-order valence-corrected chi connectivity index (χ1v) is 7.37. The number of ether oxygens (including phenoxy) is 1. The zero-order valence-electron chi connectivity index (χ0n) is 11.1. The van der Waals surface area contributed by atoms with Crippen LogP contribution in [0.15, 0.2) is 47.4 Å². The molecule has 106 valence electrons. The maximum atomic E-state index is 12.2. The Labute approximate surface area is 117 Å². The molecule has 0 saturated heterocycles. The first-order chi connectivity index (χ1) is 9.42. The number of benzene rings is 2. The number of nitrogens with one attached hydrogen (secondary N) is 1. The van der Waals surface area contributed by atoms with Crippen LogP contribution in [0.5, 0.6) is 11.5 Å². The van der Waals surface area contributed by atoms with Gasteiger partial charge in [-0.3, -0.25) is 4.72 Å². The van der Waals surface area contributed by atoms with Crippen LogP contribution in [-0.4, -0.2) is 20.6 Å². The van der Waals surface area contributed by atoms with Gasteiger partial charge in [0.25, 0.3) is 10.0 Å². The van der Waals surface area contributed by atoms with Crippen LogP contribution < -0.4 is 9.46 Å². The number of phenolic OH excluding ortho intramolecular Hbond substituents is 1. The Balaban J connectivity index is 2.30. The van der Waals surface area contributed by atoms with Gasteiger partial charge < -0.3 is 9.84 Å². The summed E-state index contributed by atoms with van der Waals surface area (Å²) in [6.07, 6.45) is 0. The van der Waals surface area contributed by atoms with Crippen LogP contribution in [0.2, 0.25) is 0 Å². The van der Waals surface area contributed by atoms with Gasteiger partial charge in [-0.15, -0.1) is 0 Å². The molecule has 0 bridgehead atoms. The lowest BCUT2D eigenvalue weighted by atomic mass is 10.2. The molecule has 20 heavy (non-hydrogen) atoms. The fourth-order valence-corrected chi connectivity index (χ4v) is 2.72. The van der Waals surface area contributed by atoms with Crippen LogP contribution in [0.25, 0.3) is 0 Å². The number of rotatable bonds is 4. The van der Waals surface area contributed by atoms with E-state index in [4.69, 9.17) is 4.74 Å². The van der Waals surface area contributed by atoms with Gasteiger partial charge in [-0.05, 0) is 31.2 Å². The van der Waals surface area contributed by atoms with Gasteiger partial charge in [0.1, 0.15) is 0 Å². The van der Waals surface area contributed by atoms with E-state index in [2.05, 4.69) is 4.72 Å². The Kier molecular flexibility index (Phi) is 3.85. The SMILES string of the molecule is COc1cc(NS(=O)(=O)c2ccc(C)cc2)ccc1O. The van der Waals surface area contributed by atoms with Crippen molar-refractivity contribution in [2.75, 3.05) is 11.8 Å². The summed E-state index contributed by atoms with van der Waals surface area (Å²) in [5.41, 5.74) is 1.30. The molecule has 0 amide bonds. The maximum absolute atomic E-state index is 12.2. The number of hydrogen-bond acceptors (Lipinski definition) is 4. The lowest BCUT2D eigenvalue weighted by Gasteiger charge is -2.10. The first kappa shape index (κ1) is 14.2. The van der Waals surface area contributed by atoms with Gasteiger partial charge in [-0.1, -0.05) is 17.7 Å². The highest BCUT2D eigenvalue weighted by atomic mass is 32.2. The molecule has 0 aliphatic heterocycles. The Bertz CT molecular complexity index is 708. The maximum Gasteiger partial charge on any atom is 0.261 e. The molecule has 0 spiro atoms. The molecule has 2 aromatic rings. The number of sulfonamides is 1. The van der Waals surface area contributed by atoms with Gasteiger partial charge in [0.2, 0.25) is 0 Å². The Hall–Kier alpha value is -2.21. The third-order valence-electron chi connectivity index (χ3n) is 2.76. The summed E-state index contributed by atoms with van der Waals surface area (Å²) >= 11 is 0. The second-order valence-corrected chi connectivity index (χ2v) is 5.99. The Morgan fingerprint density at radius 3 is 2.35 bits per heavy atom. The van der Waals surface area contributed by atoms with E-state index in [1.165, 1.54) is 37.4 Å². The van der Waals surface area contributed by atoms with Crippen LogP contribution in [0.4, 0.5) is 5.69 Å². The molecule has 2 aromatic carbocycles. The molecule has 0 radical (unpaired) electrons. The molecule has 0 saturated carbocycles. The normalized spacial score (nSPS) is 11.1. The Morgan fingerprint density at radius 2 is 1.75 bits per heavy atom. The second-order valence-electron chi connectivity index (χ2n) is 4.31. The summed E-state index contributed by atoms with van der Waals surface area (Å²) in [5, 5.41) is 9.48. The molecular formula is C14H15NO4S. The predicted molar refractivity (Wildman–Crippen MR) is 76.6 cm³/mol. The van der Waals surface area contributed by atoms with Crippen molar-refractivity contribution in [3.05, 3.63) is 48.0 Å². The third kappa shape index (κ3) is 3.03. The average Bonchev–Trinajstić information content (AvgIpc) is 2.41. The van der Waals surface area contributed by atoms with Crippen LogP contribution in [-0.2, 0) is 10.0 Å². The van der Waals surface area contributed by atoms with Crippen molar-refractivity contribution in [2.45, 2.75) is 11.8 Å². The zero-order valence-corrected chi connectivity index (χ0v) is 11.9. The number of hydrogen-bond donors (Lipinski definition) is 2. The quantitative estimate of drug-likeness (QED) is 0.849. The molecular weight excluding hydrogens is 278 g/mol. The van der Waals surface area contributed by atoms with Gasteiger partial charge in [0, 0.05) is 6.07 Å². The molecule has 0 aliphatic rings.